The maximum Gasteiger partial charge on any atom is 0.522 e. The second kappa shape index (κ2) is 11.9. The van der Waals surface area contributed by atoms with Crippen LogP contribution in [0.25, 0.3) is 0 Å². The van der Waals surface area contributed by atoms with Gasteiger partial charge < -0.3 is 13.9 Å². The number of nitrogens with one attached hydrogen (secondary N) is 1. The molecule has 1 aliphatic heterocycles. The Morgan fingerprint density at radius 2 is 1.59 bits per heavy atom. The van der Waals surface area contributed by atoms with Gasteiger partial charge >= 0.3 is 15.6 Å². The average molecular weight is 544 g/mol. The molecule has 34 heavy (non-hydrogen) atoms. The summed E-state index contributed by atoms with van der Waals surface area (Å²) in [6, 6.07) is 6.62. The van der Waals surface area contributed by atoms with Crippen molar-refractivity contribution in [3.05, 3.63) is 24.3 Å². The van der Waals surface area contributed by atoms with Gasteiger partial charge in [-0.15, -0.1) is 5.92 Å². The molecule has 13 heteroatoms. The summed E-state index contributed by atoms with van der Waals surface area (Å²) in [5.41, 5.74) is -5.46. The van der Waals surface area contributed by atoms with E-state index < -0.39 is 33.8 Å². The summed E-state index contributed by atoms with van der Waals surface area (Å²) >= 11 is 0. The standard InChI is InChI=1S/C17H23NO3S.C4H9F3O3SSi/c1-3-4-13-21-15-5-7-16(8-6-15)22(19,20)14-17(2)9-11-18-12-10-17;1-12(2,3)10-11(8,9)4(5,6)7/h5-8,18H,9-14H2,1-2H3;1-3H3. The molecule has 1 N–H and O–H groups in total. The lowest BCUT2D eigenvalue weighted by molar-refractivity contribution is -0.0503. The number of piperidine rings is 1. The van der Waals surface area contributed by atoms with Gasteiger partial charge in [0.05, 0.1) is 10.6 Å². The lowest BCUT2D eigenvalue weighted by Gasteiger charge is -2.33. The monoisotopic (exact) mass is 543 g/mol. The molecule has 1 heterocycles. The first-order chi connectivity index (χ1) is 15.4. The Morgan fingerprint density at radius 1 is 1.06 bits per heavy atom. The van der Waals surface area contributed by atoms with Gasteiger partial charge in [0.1, 0.15) is 12.4 Å². The lowest BCUT2D eigenvalue weighted by atomic mass is 9.83. The summed E-state index contributed by atoms with van der Waals surface area (Å²) < 4.78 is 90.3. The molecule has 0 aliphatic carbocycles. The van der Waals surface area contributed by atoms with E-state index in [0.29, 0.717) is 17.3 Å². The summed E-state index contributed by atoms with van der Waals surface area (Å²) in [6.45, 7) is 9.97. The predicted molar refractivity (Wildman–Crippen MR) is 127 cm³/mol. The Labute approximate surface area is 201 Å². The minimum atomic E-state index is -5.39. The maximum absolute atomic E-state index is 12.6. The number of rotatable bonds is 7. The van der Waals surface area contributed by atoms with Crippen molar-refractivity contribution in [3.63, 3.8) is 0 Å². The topological polar surface area (TPSA) is 98.8 Å². The molecule has 7 nitrogen and oxygen atoms in total. The van der Waals surface area contributed by atoms with Crippen molar-refractivity contribution in [2.24, 2.45) is 5.41 Å². The van der Waals surface area contributed by atoms with E-state index in [-0.39, 0.29) is 11.2 Å². The highest BCUT2D eigenvalue weighted by molar-refractivity contribution is 7.91. The van der Waals surface area contributed by atoms with Crippen LogP contribution in [0.1, 0.15) is 26.7 Å². The van der Waals surface area contributed by atoms with E-state index in [9.17, 15) is 30.0 Å². The molecule has 0 unspecified atom stereocenters. The predicted octanol–water partition coefficient (Wildman–Crippen LogP) is 3.94. The van der Waals surface area contributed by atoms with Crippen molar-refractivity contribution in [2.45, 2.75) is 56.7 Å². The third-order valence-electron chi connectivity index (χ3n) is 4.66. The molecule has 1 aliphatic rings. The van der Waals surface area contributed by atoms with Crippen molar-refractivity contribution in [2.75, 3.05) is 25.4 Å². The first kappa shape index (κ1) is 30.4. The average Bonchev–Trinajstić information content (AvgIpc) is 2.66. The third kappa shape index (κ3) is 10.3. The van der Waals surface area contributed by atoms with Crippen LogP contribution < -0.4 is 10.1 Å². The van der Waals surface area contributed by atoms with E-state index in [2.05, 4.69) is 28.0 Å². The van der Waals surface area contributed by atoms with Crippen molar-refractivity contribution in [1.29, 1.82) is 0 Å². The molecule has 0 bridgehead atoms. The highest BCUT2D eigenvalue weighted by Crippen LogP contribution is 2.32. The molecule has 0 spiro atoms. The Bertz CT molecular complexity index is 1060. The molecule has 1 fully saturated rings. The van der Waals surface area contributed by atoms with Crippen molar-refractivity contribution in [3.8, 4) is 17.6 Å². The van der Waals surface area contributed by atoms with Crippen LogP contribution in [-0.4, -0.2) is 56.1 Å². The summed E-state index contributed by atoms with van der Waals surface area (Å²) in [7, 11) is -11.4. The summed E-state index contributed by atoms with van der Waals surface area (Å²) in [5.74, 6) is 6.38. The highest BCUT2D eigenvalue weighted by atomic mass is 32.2. The van der Waals surface area contributed by atoms with Gasteiger partial charge in [0, 0.05) is 0 Å². The minimum Gasteiger partial charge on any atom is -0.481 e. The fraction of sp³-hybridized carbons (Fsp3) is 0.619. The Morgan fingerprint density at radius 3 is 2.00 bits per heavy atom. The van der Waals surface area contributed by atoms with Crippen molar-refractivity contribution in [1.82, 2.24) is 5.32 Å². The van der Waals surface area contributed by atoms with Crippen LogP contribution in [0.3, 0.4) is 0 Å². The van der Waals surface area contributed by atoms with Gasteiger partial charge in [0.2, 0.25) is 8.32 Å². The second-order valence-corrected chi connectivity index (χ2v) is 17.4. The summed E-state index contributed by atoms with van der Waals surface area (Å²) in [4.78, 5) is 0.362. The van der Waals surface area contributed by atoms with Crippen molar-refractivity contribution < 1.29 is 38.6 Å². The normalized spacial score (nSPS) is 16.5. The first-order valence-electron chi connectivity index (χ1n) is 10.5. The molecular formula is C21H32F3NO6S2Si. The number of halogens is 3. The van der Waals surface area contributed by atoms with E-state index in [1.54, 1.807) is 31.2 Å². The number of hydrogen-bond donors (Lipinski definition) is 1. The van der Waals surface area contributed by atoms with Crippen LogP contribution >= 0.6 is 0 Å². The van der Waals surface area contributed by atoms with Crippen LogP contribution in [0.4, 0.5) is 13.2 Å². The van der Waals surface area contributed by atoms with Crippen LogP contribution in [0.2, 0.25) is 19.6 Å². The van der Waals surface area contributed by atoms with Gasteiger partial charge in [-0.05, 0) is 82.2 Å². The van der Waals surface area contributed by atoms with Crippen LogP contribution in [0, 0.1) is 17.3 Å². The lowest BCUT2D eigenvalue weighted by Crippen LogP contribution is -2.39. The second-order valence-electron chi connectivity index (χ2n) is 9.10. The Balaban J connectivity index is 0.000000411. The molecule has 0 aromatic heterocycles. The number of hydrogen-bond acceptors (Lipinski definition) is 7. The molecule has 1 saturated heterocycles. The third-order valence-corrected chi connectivity index (χ3v) is 10.2. The van der Waals surface area contributed by atoms with Gasteiger partial charge in [0.25, 0.3) is 0 Å². The van der Waals surface area contributed by atoms with Crippen LogP contribution in [0.5, 0.6) is 5.75 Å². The van der Waals surface area contributed by atoms with Crippen molar-refractivity contribution >= 4 is 28.3 Å². The number of sulfone groups is 1. The summed E-state index contributed by atoms with van der Waals surface area (Å²) in [6.07, 6.45) is 1.78. The molecule has 0 saturated carbocycles. The van der Waals surface area contributed by atoms with E-state index in [4.69, 9.17) is 4.74 Å². The number of ether oxygens (including phenoxy) is 1. The SMILES string of the molecule is CC#CCOc1ccc(S(=O)(=O)CC2(C)CCNCC2)cc1.C[Si](C)(C)OS(=O)(=O)C(F)(F)F. The molecular weight excluding hydrogens is 511 g/mol. The molecule has 2 rings (SSSR count). The molecule has 194 valence electrons. The van der Waals surface area contributed by atoms with E-state index >= 15 is 0 Å². The van der Waals surface area contributed by atoms with Crippen LogP contribution in [0.15, 0.2) is 29.2 Å². The molecule has 1 aromatic rings. The van der Waals surface area contributed by atoms with Crippen LogP contribution in [-0.2, 0) is 23.8 Å². The van der Waals surface area contributed by atoms with Gasteiger partial charge in [0.15, 0.2) is 9.84 Å². The van der Waals surface area contributed by atoms with Gasteiger partial charge in [-0.25, -0.2) is 8.42 Å². The fourth-order valence-corrected chi connectivity index (χ4v) is 7.96. The zero-order valence-corrected chi connectivity index (χ0v) is 22.6. The maximum atomic E-state index is 12.6. The molecule has 0 atom stereocenters. The zero-order chi connectivity index (χ0) is 26.3. The Kier molecular flexibility index (Phi) is 10.6. The molecule has 0 amide bonds. The van der Waals surface area contributed by atoms with E-state index in [1.807, 2.05) is 0 Å². The van der Waals surface area contributed by atoms with Gasteiger partial charge in [-0.1, -0.05) is 12.8 Å². The minimum absolute atomic E-state index is 0.143. The highest BCUT2D eigenvalue weighted by Gasteiger charge is 2.49. The first-order valence-corrected chi connectivity index (χ1v) is 17.0. The van der Waals surface area contributed by atoms with Gasteiger partial charge in [-0.2, -0.15) is 21.6 Å². The van der Waals surface area contributed by atoms with E-state index in [0.717, 1.165) is 25.9 Å². The Hall–Kier alpha value is -1.59. The number of alkyl halides is 3. The van der Waals surface area contributed by atoms with E-state index in [1.165, 1.54) is 19.6 Å². The largest absolute Gasteiger partial charge is 0.522 e. The summed E-state index contributed by atoms with van der Waals surface area (Å²) in [5, 5.41) is 3.27. The molecule has 0 radical (unpaired) electrons. The molecule has 1 aromatic carbocycles. The zero-order valence-electron chi connectivity index (χ0n) is 20.0. The smallest absolute Gasteiger partial charge is 0.481 e. The van der Waals surface area contributed by atoms with Gasteiger partial charge in [-0.3, -0.25) is 0 Å². The fourth-order valence-electron chi connectivity index (χ4n) is 3.03. The quantitative estimate of drug-likeness (QED) is 0.316. The number of benzene rings is 1.